The highest BCUT2D eigenvalue weighted by Gasteiger charge is 2.32. The minimum Gasteiger partial charge on any atom is -0.491 e. The summed E-state index contributed by atoms with van der Waals surface area (Å²) >= 11 is 0. The summed E-state index contributed by atoms with van der Waals surface area (Å²) in [7, 11) is 4.63. The predicted molar refractivity (Wildman–Crippen MR) is 140 cm³/mol. The van der Waals surface area contributed by atoms with Crippen LogP contribution in [0.4, 0.5) is 14.5 Å². The van der Waals surface area contributed by atoms with Crippen LogP contribution in [0.25, 0.3) is 11.0 Å². The van der Waals surface area contributed by atoms with Crippen molar-refractivity contribution >= 4 is 22.6 Å². The molecule has 1 aromatic carbocycles. The fourth-order valence-corrected chi connectivity index (χ4v) is 4.58. The van der Waals surface area contributed by atoms with Gasteiger partial charge in [0.05, 0.1) is 25.4 Å². The second-order valence-electron chi connectivity index (χ2n) is 9.32. The lowest BCUT2D eigenvalue weighted by Crippen LogP contribution is -2.29. The highest BCUT2D eigenvalue weighted by Crippen LogP contribution is 2.40. The topological polar surface area (TPSA) is 105 Å². The van der Waals surface area contributed by atoms with Crippen LogP contribution in [0.5, 0.6) is 23.1 Å². The molecule has 0 aliphatic heterocycles. The molecule has 0 unspecified atom stereocenters. The minimum absolute atomic E-state index is 0.0937. The van der Waals surface area contributed by atoms with Crippen molar-refractivity contribution in [2.24, 2.45) is 7.05 Å². The molecule has 1 N–H and O–H groups in total. The first kappa shape index (κ1) is 26.1. The fourth-order valence-electron chi connectivity index (χ4n) is 4.58. The van der Waals surface area contributed by atoms with Gasteiger partial charge in [0, 0.05) is 54.5 Å². The molecular weight excluding hydrogens is 510 g/mol. The van der Waals surface area contributed by atoms with Crippen LogP contribution in [0.2, 0.25) is 0 Å². The average Bonchev–Trinajstić information content (AvgIpc) is 3.75. The van der Waals surface area contributed by atoms with E-state index in [4.69, 9.17) is 14.2 Å². The second-order valence-corrected chi connectivity index (χ2v) is 9.32. The van der Waals surface area contributed by atoms with E-state index in [9.17, 15) is 9.59 Å². The van der Waals surface area contributed by atoms with Gasteiger partial charge in [0.15, 0.2) is 34.3 Å². The zero-order valence-corrected chi connectivity index (χ0v) is 22.0. The van der Waals surface area contributed by atoms with E-state index in [1.807, 2.05) is 6.92 Å². The number of methoxy groups -OCH3 is 2. The first-order chi connectivity index (χ1) is 18.6. The number of anilines is 1. The summed E-state index contributed by atoms with van der Waals surface area (Å²) in [6, 6.07) is 4.64. The second kappa shape index (κ2) is 9.97. The van der Waals surface area contributed by atoms with E-state index in [1.54, 1.807) is 24.6 Å². The van der Waals surface area contributed by atoms with Gasteiger partial charge in [0.25, 0.3) is 11.8 Å². The average molecular weight is 537 g/mol. The number of ether oxygens (including phenoxy) is 3. The first-order valence-corrected chi connectivity index (χ1v) is 12.2. The molecule has 5 rings (SSSR count). The Kier molecular flexibility index (Phi) is 6.67. The third-order valence-corrected chi connectivity index (χ3v) is 6.95. The Bertz CT molecular complexity index is 1700. The van der Waals surface area contributed by atoms with Crippen LogP contribution in [0.3, 0.4) is 0 Å². The molecule has 1 aliphatic carbocycles. The molecule has 0 bridgehead atoms. The van der Waals surface area contributed by atoms with Crippen molar-refractivity contribution < 1.29 is 27.8 Å². The van der Waals surface area contributed by atoms with Crippen LogP contribution in [-0.4, -0.2) is 34.7 Å². The van der Waals surface area contributed by atoms with E-state index < -0.39 is 29.0 Å². The van der Waals surface area contributed by atoms with Gasteiger partial charge < -0.3 is 24.1 Å². The van der Waals surface area contributed by atoms with Crippen LogP contribution >= 0.6 is 0 Å². The summed E-state index contributed by atoms with van der Waals surface area (Å²) in [6.07, 6.45) is 3.18. The van der Waals surface area contributed by atoms with Crippen molar-refractivity contribution in [2.45, 2.75) is 32.6 Å². The predicted octanol–water partition coefficient (Wildman–Crippen LogP) is 5.16. The van der Waals surface area contributed by atoms with Crippen molar-refractivity contribution in [1.82, 2.24) is 14.5 Å². The monoisotopic (exact) mass is 536 g/mol. The Balaban J connectivity index is 1.46. The smallest absolute Gasteiger partial charge is 0.261 e. The Hall–Kier alpha value is -4.54. The highest BCUT2D eigenvalue weighted by molar-refractivity contribution is 6.05. The number of hydrogen-bond acceptors (Lipinski definition) is 7. The van der Waals surface area contributed by atoms with Crippen LogP contribution in [0, 0.1) is 25.5 Å². The molecule has 4 aromatic rings. The van der Waals surface area contributed by atoms with Gasteiger partial charge in [-0.3, -0.25) is 14.6 Å². The maximum Gasteiger partial charge on any atom is 0.261 e. The highest BCUT2D eigenvalue weighted by atomic mass is 19.1. The summed E-state index contributed by atoms with van der Waals surface area (Å²) in [5, 5.41) is 2.36. The van der Waals surface area contributed by atoms with Gasteiger partial charge in [0.1, 0.15) is 11.1 Å². The maximum atomic E-state index is 15.1. The fraction of sp³-hybridized carbons (Fsp3) is 0.286. The zero-order chi connectivity index (χ0) is 28.0. The number of benzene rings is 1. The molecule has 1 saturated carbocycles. The zero-order valence-electron chi connectivity index (χ0n) is 22.0. The van der Waals surface area contributed by atoms with Crippen LogP contribution in [0.1, 0.15) is 46.1 Å². The maximum absolute atomic E-state index is 15.1. The normalized spacial score (nSPS) is 12.9. The quantitative estimate of drug-likeness (QED) is 0.348. The number of carbonyl (C=O) groups excluding carboxylic acids is 1. The lowest BCUT2D eigenvalue weighted by atomic mass is 10.0. The molecule has 1 aliphatic rings. The number of halogens is 2. The van der Waals surface area contributed by atoms with E-state index in [1.165, 1.54) is 26.5 Å². The molecule has 0 saturated heterocycles. The summed E-state index contributed by atoms with van der Waals surface area (Å²) in [4.78, 5) is 34.8. The Labute approximate surface area is 222 Å². The first-order valence-electron chi connectivity index (χ1n) is 12.2. The van der Waals surface area contributed by atoms with Gasteiger partial charge in [-0.25, -0.2) is 13.8 Å². The Morgan fingerprint density at radius 2 is 1.77 bits per heavy atom. The van der Waals surface area contributed by atoms with Crippen molar-refractivity contribution in [2.75, 3.05) is 19.5 Å². The Morgan fingerprint density at radius 1 is 1.03 bits per heavy atom. The summed E-state index contributed by atoms with van der Waals surface area (Å²) < 4.78 is 48.1. The van der Waals surface area contributed by atoms with Gasteiger partial charge in [-0.15, -0.1) is 0 Å². The lowest BCUT2D eigenvalue weighted by Gasteiger charge is -2.17. The molecule has 0 atom stereocenters. The van der Waals surface area contributed by atoms with Crippen molar-refractivity contribution in [3.63, 3.8) is 0 Å². The summed E-state index contributed by atoms with van der Waals surface area (Å²) in [6.45, 7) is 3.48. The van der Waals surface area contributed by atoms with Crippen LogP contribution in [0.15, 0.2) is 35.3 Å². The number of rotatable bonds is 7. The summed E-state index contributed by atoms with van der Waals surface area (Å²) in [5.41, 5.74) is 1.55. The lowest BCUT2D eigenvalue weighted by molar-refractivity contribution is 0.102. The number of nitrogens with zero attached hydrogens (tertiary/aromatic N) is 3. The standard InChI is InChI=1S/C28H26F2N4O5/c1-13-23(15-6-7-15)26(35)24(14(2)34(13)3)27(36)32-18-10-17(30)21(11-16(18)29)39-20-8-9-31-19-12-22(37-4)28(38-5)33-25(19)20/h8-12,15H,6-7H2,1-5H3,(H,32,36). The van der Waals surface area contributed by atoms with Crippen LogP contribution in [-0.2, 0) is 7.05 Å². The van der Waals surface area contributed by atoms with Crippen molar-refractivity contribution in [1.29, 1.82) is 0 Å². The number of carbonyl (C=O) groups is 1. The number of nitrogens with one attached hydrogen (secondary N) is 1. The van der Waals surface area contributed by atoms with E-state index >= 15 is 8.78 Å². The molecular formula is C28H26F2N4O5. The van der Waals surface area contributed by atoms with Gasteiger partial charge in [0.2, 0.25) is 0 Å². The molecule has 39 heavy (non-hydrogen) atoms. The van der Waals surface area contributed by atoms with Crippen LogP contribution < -0.4 is 25.0 Å². The molecule has 202 valence electrons. The minimum atomic E-state index is -0.950. The molecule has 11 heteroatoms. The van der Waals surface area contributed by atoms with Gasteiger partial charge in [-0.1, -0.05) is 0 Å². The third-order valence-electron chi connectivity index (χ3n) is 6.95. The largest absolute Gasteiger partial charge is 0.491 e. The van der Waals surface area contributed by atoms with Crippen molar-refractivity contribution in [3.8, 4) is 23.1 Å². The van der Waals surface area contributed by atoms with E-state index in [0.717, 1.165) is 30.7 Å². The Morgan fingerprint density at radius 3 is 2.44 bits per heavy atom. The molecule has 3 heterocycles. The van der Waals surface area contributed by atoms with E-state index in [-0.39, 0.29) is 34.1 Å². The molecule has 0 spiro atoms. The molecule has 1 amide bonds. The SMILES string of the molecule is COc1cc2nccc(Oc3cc(F)c(NC(=O)c4c(C)n(C)c(C)c(C5CC5)c4=O)cc3F)c2nc1OC. The van der Waals surface area contributed by atoms with E-state index in [0.29, 0.717) is 22.5 Å². The van der Waals surface area contributed by atoms with E-state index in [2.05, 4.69) is 15.3 Å². The van der Waals surface area contributed by atoms with Gasteiger partial charge in [-0.2, -0.15) is 0 Å². The molecule has 1 fully saturated rings. The molecule has 9 nitrogen and oxygen atoms in total. The number of aromatic nitrogens is 3. The summed E-state index contributed by atoms with van der Waals surface area (Å²) in [5.74, 6) is -2.42. The number of fused-ring (bicyclic) bond motifs is 1. The molecule has 0 radical (unpaired) electrons. The number of pyridine rings is 3. The van der Waals surface area contributed by atoms with Crippen molar-refractivity contribution in [3.05, 3.63) is 74.8 Å². The van der Waals surface area contributed by atoms with Gasteiger partial charge >= 0.3 is 0 Å². The number of amides is 1. The van der Waals surface area contributed by atoms with Gasteiger partial charge in [-0.05, 0) is 32.6 Å². The number of hydrogen-bond donors (Lipinski definition) is 1. The third kappa shape index (κ3) is 4.64. The molecule has 3 aromatic heterocycles.